The predicted molar refractivity (Wildman–Crippen MR) is 82.6 cm³/mol. The van der Waals surface area contributed by atoms with Crippen molar-refractivity contribution in [1.82, 2.24) is 5.32 Å². The van der Waals surface area contributed by atoms with Crippen LogP contribution in [0.15, 0.2) is 35.5 Å². The summed E-state index contributed by atoms with van der Waals surface area (Å²) < 4.78 is 5.06. The Morgan fingerprint density at radius 1 is 1.55 bits per heavy atom. The molecule has 0 radical (unpaired) electrons. The van der Waals surface area contributed by atoms with Gasteiger partial charge in [-0.15, -0.1) is 0 Å². The van der Waals surface area contributed by atoms with E-state index in [1.165, 1.54) is 12.3 Å². The van der Waals surface area contributed by atoms with Gasteiger partial charge in [-0.25, -0.2) is 4.79 Å². The second-order valence-corrected chi connectivity index (χ2v) is 5.38. The molecule has 8 heteroatoms. The first kappa shape index (κ1) is 16.1. The molecular weight excluding hydrogens is 310 g/mol. The minimum atomic E-state index is -1.14. The molecule has 1 aromatic rings. The van der Waals surface area contributed by atoms with E-state index in [-0.39, 0.29) is 18.0 Å². The minimum Gasteiger partial charge on any atom is -0.464 e. The molecule has 0 fully saturated rings. The Bertz CT molecular complexity index is 634. The fourth-order valence-electron chi connectivity index (χ4n) is 2.24. The van der Waals surface area contributed by atoms with E-state index in [2.05, 4.69) is 10.6 Å². The fourth-order valence-corrected chi connectivity index (χ4v) is 2.57. The third-order valence-corrected chi connectivity index (χ3v) is 3.79. The summed E-state index contributed by atoms with van der Waals surface area (Å²) in [5, 5.41) is 17.3. The maximum absolute atomic E-state index is 12.2. The van der Waals surface area contributed by atoms with Crippen molar-refractivity contribution >= 4 is 28.9 Å². The lowest BCUT2D eigenvalue weighted by molar-refractivity contribution is -0.384. The first-order chi connectivity index (χ1) is 10.4. The molecule has 0 spiro atoms. The number of carbonyl (C=O) groups excluding carboxylic acids is 1. The lowest BCUT2D eigenvalue weighted by Crippen LogP contribution is -2.56. The van der Waals surface area contributed by atoms with Crippen molar-refractivity contribution in [3.63, 3.8) is 0 Å². The SMILES string of the molecule is CCOC(=O)C1(C)NC=C(Cl)C1Nc1ccccc1[N+](=O)[O-]. The highest BCUT2D eigenvalue weighted by molar-refractivity contribution is 6.31. The predicted octanol–water partition coefficient (Wildman–Crippen LogP) is 2.38. The van der Waals surface area contributed by atoms with Crippen LogP contribution in [0.2, 0.25) is 0 Å². The van der Waals surface area contributed by atoms with Crippen molar-refractivity contribution in [2.75, 3.05) is 11.9 Å². The van der Waals surface area contributed by atoms with E-state index in [1.54, 1.807) is 32.0 Å². The van der Waals surface area contributed by atoms with Crippen LogP contribution in [0.5, 0.6) is 0 Å². The van der Waals surface area contributed by atoms with Gasteiger partial charge in [0, 0.05) is 12.3 Å². The van der Waals surface area contributed by atoms with Crippen LogP contribution < -0.4 is 10.6 Å². The van der Waals surface area contributed by atoms with Crippen LogP contribution >= 0.6 is 11.6 Å². The zero-order chi connectivity index (χ0) is 16.3. The van der Waals surface area contributed by atoms with Gasteiger partial charge in [-0.1, -0.05) is 23.7 Å². The number of nitrogens with one attached hydrogen (secondary N) is 2. The lowest BCUT2D eigenvalue weighted by Gasteiger charge is -2.31. The molecule has 0 aromatic heterocycles. The Balaban J connectivity index is 2.32. The Labute approximate surface area is 132 Å². The molecule has 1 aliphatic rings. The highest BCUT2D eigenvalue weighted by Crippen LogP contribution is 2.33. The summed E-state index contributed by atoms with van der Waals surface area (Å²) in [7, 11) is 0. The van der Waals surface area contributed by atoms with Crippen LogP contribution in [0.3, 0.4) is 0 Å². The number of nitro groups is 1. The fraction of sp³-hybridized carbons (Fsp3) is 0.357. The standard InChI is InChI=1S/C14H16ClN3O4/c1-3-22-13(19)14(2)12(9(15)8-16-14)17-10-6-4-5-7-11(10)18(20)21/h4-8,12,16-17H,3H2,1-2H3. The molecule has 1 aliphatic heterocycles. The Kier molecular flexibility index (Phi) is 4.56. The minimum absolute atomic E-state index is 0.0925. The number of carbonyl (C=O) groups is 1. The maximum atomic E-state index is 12.2. The van der Waals surface area contributed by atoms with Gasteiger partial charge in [0.2, 0.25) is 0 Å². The molecule has 22 heavy (non-hydrogen) atoms. The maximum Gasteiger partial charge on any atom is 0.334 e. The van der Waals surface area contributed by atoms with Gasteiger partial charge in [0.05, 0.1) is 22.6 Å². The van der Waals surface area contributed by atoms with Crippen LogP contribution in [-0.2, 0) is 9.53 Å². The molecule has 7 nitrogen and oxygen atoms in total. The number of para-hydroxylation sites is 2. The molecule has 2 rings (SSSR count). The summed E-state index contributed by atoms with van der Waals surface area (Å²) in [4.78, 5) is 22.8. The van der Waals surface area contributed by atoms with Crippen molar-refractivity contribution < 1.29 is 14.5 Å². The van der Waals surface area contributed by atoms with Crippen LogP contribution in [0.1, 0.15) is 13.8 Å². The van der Waals surface area contributed by atoms with Gasteiger partial charge >= 0.3 is 5.97 Å². The number of benzene rings is 1. The molecule has 2 atom stereocenters. The largest absolute Gasteiger partial charge is 0.464 e. The van der Waals surface area contributed by atoms with E-state index in [0.29, 0.717) is 5.03 Å². The van der Waals surface area contributed by atoms with E-state index >= 15 is 0 Å². The van der Waals surface area contributed by atoms with E-state index in [1.807, 2.05) is 0 Å². The zero-order valence-corrected chi connectivity index (χ0v) is 12.9. The third-order valence-electron chi connectivity index (χ3n) is 3.46. The number of nitro benzene ring substituents is 1. The van der Waals surface area contributed by atoms with Crippen molar-refractivity contribution in [2.45, 2.75) is 25.4 Å². The monoisotopic (exact) mass is 325 g/mol. The molecule has 1 aromatic carbocycles. The molecule has 1 heterocycles. The Morgan fingerprint density at radius 3 is 2.86 bits per heavy atom. The van der Waals surface area contributed by atoms with E-state index in [9.17, 15) is 14.9 Å². The number of nitrogens with zero attached hydrogens (tertiary/aromatic N) is 1. The molecule has 0 saturated heterocycles. The second-order valence-electron chi connectivity index (χ2n) is 4.95. The molecular formula is C14H16ClN3O4. The van der Waals surface area contributed by atoms with Gasteiger partial charge in [-0.05, 0) is 19.9 Å². The number of hydrogen-bond acceptors (Lipinski definition) is 6. The number of rotatable bonds is 5. The van der Waals surface area contributed by atoms with Crippen LogP contribution in [0.4, 0.5) is 11.4 Å². The van der Waals surface area contributed by atoms with E-state index in [4.69, 9.17) is 16.3 Å². The van der Waals surface area contributed by atoms with Gasteiger partial charge in [-0.2, -0.15) is 0 Å². The summed E-state index contributed by atoms with van der Waals surface area (Å²) in [5.74, 6) is -0.488. The highest BCUT2D eigenvalue weighted by atomic mass is 35.5. The smallest absolute Gasteiger partial charge is 0.334 e. The summed E-state index contributed by atoms with van der Waals surface area (Å²) in [6, 6.07) is 5.50. The number of hydrogen-bond donors (Lipinski definition) is 2. The van der Waals surface area contributed by atoms with Crippen LogP contribution in [-0.4, -0.2) is 29.1 Å². The lowest BCUT2D eigenvalue weighted by atomic mass is 9.94. The molecule has 0 amide bonds. The van der Waals surface area contributed by atoms with Crippen LogP contribution in [0.25, 0.3) is 0 Å². The molecule has 2 unspecified atom stereocenters. The first-order valence-corrected chi connectivity index (χ1v) is 7.08. The molecule has 0 saturated carbocycles. The van der Waals surface area contributed by atoms with Crippen molar-refractivity contribution in [1.29, 1.82) is 0 Å². The summed E-state index contributed by atoms with van der Waals surface area (Å²) in [6.45, 7) is 3.56. The van der Waals surface area contributed by atoms with Crippen molar-refractivity contribution in [3.8, 4) is 0 Å². The molecule has 118 valence electrons. The number of esters is 1. The zero-order valence-electron chi connectivity index (χ0n) is 12.1. The third kappa shape index (κ3) is 2.85. The Morgan fingerprint density at radius 2 is 2.23 bits per heavy atom. The van der Waals surface area contributed by atoms with Crippen molar-refractivity contribution in [2.24, 2.45) is 0 Å². The average Bonchev–Trinajstić information content (AvgIpc) is 2.77. The van der Waals surface area contributed by atoms with E-state index in [0.717, 1.165) is 0 Å². The van der Waals surface area contributed by atoms with Gasteiger partial charge in [0.15, 0.2) is 5.54 Å². The average molecular weight is 326 g/mol. The summed E-state index contributed by atoms with van der Waals surface area (Å²) >= 11 is 6.15. The molecule has 0 aliphatic carbocycles. The topological polar surface area (TPSA) is 93.5 Å². The summed E-state index contributed by atoms with van der Waals surface area (Å²) in [6.07, 6.45) is 1.49. The molecule has 0 bridgehead atoms. The number of halogens is 1. The van der Waals surface area contributed by atoms with Gasteiger partial charge in [0.25, 0.3) is 5.69 Å². The first-order valence-electron chi connectivity index (χ1n) is 6.70. The highest BCUT2D eigenvalue weighted by Gasteiger charge is 2.48. The van der Waals surface area contributed by atoms with Gasteiger partial charge in [0.1, 0.15) is 5.69 Å². The second kappa shape index (κ2) is 6.23. The van der Waals surface area contributed by atoms with Crippen LogP contribution in [0, 0.1) is 10.1 Å². The Hall–Kier alpha value is -2.28. The van der Waals surface area contributed by atoms with Gasteiger partial charge < -0.3 is 15.4 Å². The summed E-state index contributed by atoms with van der Waals surface area (Å²) in [5.41, 5.74) is -0.954. The number of anilines is 1. The molecule has 2 N–H and O–H groups in total. The normalized spacial score (nSPS) is 23.4. The quantitative estimate of drug-likeness (QED) is 0.490. The van der Waals surface area contributed by atoms with Gasteiger partial charge in [-0.3, -0.25) is 10.1 Å². The number of ether oxygens (including phenoxy) is 1. The van der Waals surface area contributed by atoms with Crippen molar-refractivity contribution in [3.05, 3.63) is 45.6 Å². The van der Waals surface area contributed by atoms with E-state index < -0.39 is 22.5 Å².